The smallest absolute Gasteiger partial charge is 0.308 e. The molecule has 0 radical (unpaired) electrons. The van der Waals surface area contributed by atoms with E-state index in [0.29, 0.717) is 35.0 Å². The number of aliphatic hydroxyl groups is 1. The molecule has 0 heterocycles. The number of aromatic hydroxyl groups is 1. The first-order valence-electron chi connectivity index (χ1n) is 9.68. The summed E-state index contributed by atoms with van der Waals surface area (Å²) >= 11 is 0. The maximum atomic E-state index is 11.4. The Labute approximate surface area is 181 Å². The highest BCUT2D eigenvalue weighted by Crippen LogP contribution is 2.32. The van der Waals surface area contributed by atoms with Gasteiger partial charge in [-0.25, -0.2) is 0 Å². The van der Waals surface area contributed by atoms with Crippen molar-refractivity contribution in [3.05, 3.63) is 89.5 Å². The molecule has 160 valence electrons. The zero-order chi connectivity index (χ0) is 22.2. The van der Waals surface area contributed by atoms with Crippen molar-refractivity contribution in [2.75, 3.05) is 7.11 Å². The maximum absolute atomic E-state index is 11.4. The number of phenols is 1. The molecule has 0 aliphatic heterocycles. The van der Waals surface area contributed by atoms with Crippen molar-refractivity contribution in [1.82, 2.24) is 0 Å². The summed E-state index contributed by atoms with van der Waals surface area (Å²) < 4.78 is 16.3. The number of carbonyl (C=O) groups excluding carboxylic acids is 1. The second-order valence-electron chi connectivity index (χ2n) is 6.80. The Kier molecular flexibility index (Phi) is 7.30. The van der Waals surface area contributed by atoms with Crippen LogP contribution in [0.15, 0.2) is 72.8 Å². The van der Waals surface area contributed by atoms with Gasteiger partial charge >= 0.3 is 5.97 Å². The minimum atomic E-state index is -1.02. The van der Waals surface area contributed by atoms with Crippen molar-refractivity contribution in [3.63, 3.8) is 0 Å². The lowest BCUT2D eigenvalue weighted by atomic mass is 10.1. The van der Waals surface area contributed by atoms with E-state index in [1.807, 2.05) is 30.3 Å². The number of esters is 1. The standard InChI is InChI=1S/C25H24O6/c1-17(26)31-24-15-21(29-2)11-8-19(24)9-13-23(28)22-12-10-20(27)14-25(22)30-16-18-6-4-3-5-7-18/h3-15,23,27-28H,16H2,1-2H3. The normalized spacial score (nSPS) is 11.8. The molecule has 3 rings (SSSR count). The molecule has 3 aromatic carbocycles. The van der Waals surface area contributed by atoms with Crippen molar-refractivity contribution in [1.29, 1.82) is 0 Å². The molecular formula is C25H24O6. The SMILES string of the molecule is COc1ccc(C=CC(O)c2ccc(O)cc2OCc2ccccc2)c(OC(C)=O)c1. The molecular weight excluding hydrogens is 396 g/mol. The van der Waals surface area contributed by atoms with E-state index < -0.39 is 12.1 Å². The van der Waals surface area contributed by atoms with Crippen LogP contribution in [0.3, 0.4) is 0 Å². The molecule has 6 heteroatoms. The van der Waals surface area contributed by atoms with E-state index in [1.165, 1.54) is 26.2 Å². The first-order chi connectivity index (χ1) is 15.0. The van der Waals surface area contributed by atoms with Crippen molar-refractivity contribution >= 4 is 12.0 Å². The Bertz CT molecular complexity index is 1060. The van der Waals surface area contributed by atoms with Crippen molar-refractivity contribution < 1.29 is 29.2 Å². The average Bonchev–Trinajstić information content (AvgIpc) is 2.77. The Hall–Kier alpha value is -3.77. The highest BCUT2D eigenvalue weighted by Gasteiger charge is 2.13. The number of phenolic OH excluding ortho intramolecular Hbond substituents is 1. The van der Waals surface area contributed by atoms with Crippen LogP contribution in [0.5, 0.6) is 23.0 Å². The van der Waals surface area contributed by atoms with Gasteiger partial charge in [-0.1, -0.05) is 42.5 Å². The first-order valence-corrected chi connectivity index (χ1v) is 9.68. The molecule has 0 amide bonds. The summed E-state index contributed by atoms with van der Waals surface area (Å²) in [5.74, 6) is 0.815. The van der Waals surface area contributed by atoms with E-state index in [9.17, 15) is 15.0 Å². The van der Waals surface area contributed by atoms with Crippen LogP contribution in [0.25, 0.3) is 6.08 Å². The largest absolute Gasteiger partial charge is 0.508 e. The second-order valence-corrected chi connectivity index (χ2v) is 6.80. The molecule has 0 bridgehead atoms. The van der Waals surface area contributed by atoms with E-state index >= 15 is 0 Å². The van der Waals surface area contributed by atoms with Crippen LogP contribution in [0.1, 0.15) is 29.7 Å². The van der Waals surface area contributed by atoms with E-state index in [0.717, 1.165) is 5.56 Å². The molecule has 0 aliphatic rings. The highest BCUT2D eigenvalue weighted by atomic mass is 16.5. The number of carbonyl (C=O) groups is 1. The van der Waals surface area contributed by atoms with Crippen LogP contribution in [0.2, 0.25) is 0 Å². The zero-order valence-corrected chi connectivity index (χ0v) is 17.3. The fourth-order valence-corrected chi connectivity index (χ4v) is 2.95. The number of aliphatic hydroxyl groups excluding tert-OH is 1. The van der Waals surface area contributed by atoms with E-state index in [1.54, 1.807) is 36.4 Å². The molecule has 0 spiro atoms. The van der Waals surface area contributed by atoms with Gasteiger partial charge in [0.05, 0.1) is 7.11 Å². The predicted molar refractivity (Wildman–Crippen MR) is 117 cm³/mol. The summed E-state index contributed by atoms with van der Waals surface area (Å²) in [5, 5.41) is 20.6. The highest BCUT2D eigenvalue weighted by molar-refractivity contribution is 5.72. The molecule has 0 fully saturated rings. The van der Waals surface area contributed by atoms with Crippen LogP contribution in [-0.2, 0) is 11.4 Å². The van der Waals surface area contributed by atoms with Crippen LogP contribution in [0, 0.1) is 0 Å². The third-order valence-corrected chi connectivity index (χ3v) is 4.49. The Morgan fingerprint density at radius 3 is 2.52 bits per heavy atom. The number of hydrogen-bond acceptors (Lipinski definition) is 6. The molecule has 0 aromatic heterocycles. The van der Waals surface area contributed by atoms with Gasteiger partial charge in [0.1, 0.15) is 35.7 Å². The van der Waals surface area contributed by atoms with Gasteiger partial charge in [0.15, 0.2) is 0 Å². The molecule has 31 heavy (non-hydrogen) atoms. The number of methoxy groups -OCH3 is 1. The van der Waals surface area contributed by atoms with Gasteiger partial charge in [0.2, 0.25) is 0 Å². The van der Waals surface area contributed by atoms with Gasteiger partial charge in [-0.05, 0) is 29.8 Å². The topological polar surface area (TPSA) is 85.2 Å². The van der Waals surface area contributed by atoms with Crippen LogP contribution < -0.4 is 14.2 Å². The Balaban J connectivity index is 1.82. The van der Waals surface area contributed by atoms with Gasteiger partial charge in [-0.2, -0.15) is 0 Å². The van der Waals surface area contributed by atoms with E-state index in [2.05, 4.69) is 0 Å². The van der Waals surface area contributed by atoms with E-state index in [-0.39, 0.29) is 5.75 Å². The van der Waals surface area contributed by atoms with Crippen LogP contribution in [-0.4, -0.2) is 23.3 Å². The quantitative estimate of drug-likeness (QED) is 0.408. The summed E-state index contributed by atoms with van der Waals surface area (Å²) in [4.78, 5) is 11.4. The Morgan fingerprint density at radius 2 is 1.81 bits per heavy atom. The fraction of sp³-hybridized carbons (Fsp3) is 0.160. The molecule has 6 nitrogen and oxygen atoms in total. The lowest BCUT2D eigenvalue weighted by molar-refractivity contribution is -0.131. The molecule has 3 aromatic rings. The summed E-state index contributed by atoms with van der Waals surface area (Å²) in [6.07, 6.45) is 2.19. The fourth-order valence-electron chi connectivity index (χ4n) is 2.95. The Morgan fingerprint density at radius 1 is 1.03 bits per heavy atom. The van der Waals surface area contributed by atoms with Gasteiger partial charge in [-0.15, -0.1) is 0 Å². The average molecular weight is 420 g/mol. The van der Waals surface area contributed by atoms with E-state index in [4.69, 9.17) is 14.2 Å². The minimum Gasteiger partial charge on any atom is -0.508 e. The lowest BCUT2D eigenvalue weighted by Crippen LogP contribution is -2.03. The lowest BCUT2D eigenvalue weighted by Gasteiger charge is -2.15. The molecule has 2 N–H and O–H groups in total. The number of rotatable bonds is 8. The van der Waals surface area contributed by atoms with Gasteiger partial charge in [-0.3, -0.25) is 4.79 Å². The van der Waals surface area contributed by atoms with Crippen molar-refractivity contribution in [3.8, 4) is 23.0 Å². The van der Waals surface area contributed by atoms with Crippen molar-refractivity contribution in [2.45, 2.75) is 19.6 Å². The molecule has 1 atom stereocenters. The number of ether oxygens (including phenoxy) is 3. The van der Waals surface area contributed by atoms with Gasteiger partial charge < -0.3 is 24.4 Å². The summed E-state index contributed by atoms with van der Waals surface area (Å²) in [6, 6.07) is 19.2. The van der Waals surface area contributed by atoms with Crippen LogP contribution in [0.4, 0.5) is 0 Å². The summed E-state index contributed by atoms with van der Waals surface area (Å²) in [5.41, 5.74) is 2.05. The molecule has 0 saturated carbocycles. The number of hydrogen-bond donors (Lipinski definition) is 2. The zero-order valence-electron chi connectivity index (χ0n) is 17.3. The van der Waals surface area contributed by atoms with Gasteiger partial charge in [0.25, 0.3) is 0 Å². The maximum Gasteiger partial charge on any atom is 0.308 e. The molecule has 0 aliphatic carbocycles. The summed E-state index contributed by atoms with van der Waals surface area (Å²) in [6.45, 7) is 1.61. The third kappa shape index (κ3) is 6.10. The first kappa shape index (κ1) is 21.9. The number of benzene rings is 3. The van der Waals surface area contributed by atoms with Crippen molar-refractivity contribution in [2.24, 2.45) is 0 Å². The molecule has 1 unspecified atom stereocenters. The minimum absolute atomic E-state index is 0.0373. The summed E-state index contributed by atoms with van der Waals surface area (Å²) in [7, 11) is 1.52. The second kappa shape index (κ2) is 10.3. The van der Waals surface area contributed by atoms with Gasteiger partial charge in [0, 0.05) is 30.2 Å². The third-order valence-electron chi connectivity index (χ3n) is 4.49. The monoisotopic (exact) mass is 420 g/mol. The van der Waals surface area contributed by atoms with Crippen LogP contribution >= 0.6 is 0 Å². The predicted octanol–water partition coefficient (Wildman–Crippen LogP) is 4.65. The molecule has 0 saturated heterocycles.